The fraction of sp³-hybridized carbons (Fsp3) is 0.533. The monoisotopic (exact) mass is 310 g/mol. The van der Waals surface area contributed by atoms with Gasteiger partial charge in [0.1, 0.15) is 5.60 Å². The minimum atomic E-state index is -0.869. The van der Waals surface area contributed by atoms with Gasteiger partial charge in [0.25, 0.3) is 0 Å². The van der Waals surface area contributed by atoms with Gasteiger partial charge in [-0.05, 0) is 30.5 Å². The van der Waals surface area contributed by atoms with E-state index < -0.39 is 11.7 Å². The average molecular weight is 311 g/mol. The van der Waals surface area contributed by atoms with E-state index in [-0.39, 0.29) is 6.04 Å². The summed E-state index contributed by atoms with van der Waals surface area (Å²) in [6.07, 6.45) is 0.583. The van der Waals surface area contributed by atoms with Gasteiger partial charge in [-0.2, -0.15) is 0 Å². The molecule has 2 N–H and O–H groups in total. The zero-order chi connectivity index (χ0) is 15.0. The third-order valence-corrected chi connectivity index (χ3v) is 4.86. The normalized spacial score (nSPS) is 30.0. The SMILES string of the molecule is O=C(O)N1CCN2CC(O)(c3ccc(Cl)cc3)CCC2C1. The molecular formula is C15H19ClN2O3. The Balaban J connectivity index is 1.73. The molecule has 2 aliphatic heterocycles. The number of benzene rings is 1. The summed E-state index contributed by atoms with van der Waals surface area (Å²) >= 11 is 5.90. The number of amides is 1. The highest BCUT2D eigenvalue weighted by molar-refractivity contribution is 6.30. The summed E-state index contributed by atoms with van der Waals surface area (Å²) in [6.45, 7) is 2.26. The molecule has 6 heteroatoms. The van der Waals surface area contributed by atoms with Crippen LogP contribution in [0, 0.1) is 0 Å². The van der Waals surface area contributed by atoms with Gasteiger partial charge in [-0.3, -0.25) is 4.90 Å². The molecule has 5 nitrogen and oxygen atoms in total. The van der Waals surface area contributed by atoms with E-state index in [0.717, 1.165) is 12.0 Å². The van der Waals surface area contributed by atoms with Crippen molar-refractivity contribution in [1.29, 1.82) is 0 Å². The topological polar surface area (TPSA) is 64.0 Å². The second kappa shape index (κ2) is 5.48. The lowest BCUT2D eigenvalue weighted by atomic mass is 9.82. The molecule has 2 heterocycles. The molecule has 0 aromatic heterocycles. The maximum atomic E-state index is 11.1. The number of fused-ring (bicyclic) bond motifs is 1. The molecule has 21 heavy (non-hydrogen) atoms. The highest BCUT2D eigenvalue weighted by Crippen LogP contribution is 2.35. The summed E-state index contributed by atoms with van der Waals surface area (Å²) < 4.78 is 0. The van der Waals surface area contributed by atoms with Crippen molar-refractivity contribution in [2.45, 2.75) is 24.5 Å². The van der Waals surface area contributed by atoms with Crippen LogP contribution in [0.15, 0.2) is 24.3 Å². The first-order valence-electron chi connectivity index (χ1n) is 7.18. The van der Waals surface area contributed by atoms with Crippen molar-refractivity contribution in [3.63, 3.8) is 0 Å². The molecule has 1 amide bonds. The molecule has 2 saturated heterocycles. The molecule has 0 spiro atoms. The van der Waals surface area contributed by atoms with Crippen molar-refractivity contribution in [2.75, 3.05) is 26.2 Å². The van der Waals surface area contributed by atoms with Gasteiger partial charge < -0.3 is 15.1 Å². The Labute approximate surface area is 128 Å². The number of rotatable bonds is 1. The molecule has 2 aliphatic rings. The van der Waals surface area contributed by atoms with Gasteiger partial charge in [-0.1, -0.05) is 23.7 Å². The molecule has 0 radical (unpaired) electrons. The lowest BCUT2D eigenvalue weighted by Crippen LogP contribution is -2.60. The van der Waals surface area contributed by atoms with Crippen molar-refractivity contribution >= 4 is 17.7 Å². The molecule has 0 aliphatic carbocycles. The van der Waals surface area contributed by atoms with E-state index in [1.807, 2.05) is 12.1 Å². The number of piperidine rings is 1. The number of aliphatic hydroxyl groups is 1. The predicted octanol–water partition coefficient (Wildman–Crippen LogP) is 1.99. The number of nitrogens with zero attached hydrogens (tertiary/aromatic N) is 2. The molecule has 2 unspecified atom stereocenters. The van der Waals surface area contributed by atoms with E-state index in [1.54, 1.807) is 12.1 Å². The minimum absolute atomic E-state index is 0.211. The van der Waals surface area contributed by atoms with E-state index in [1.165, 1.54) is 4.90 Å². The van der Waals surface area contributed by atoms with Gasteiger partial charge in [0.05, 0.1) is 0 Å². The van der Waals surface area contributed by atoms with Gasteiger partial charge >= 0.3 is 6.09 Å². The van der Waals surface area contributed by atoms with E-state index in [2.05, 4.69) is 4.90 Å². The summed E-state index contributed by atoms with van der Waals surface area (Å²) in [5, 5.41) is 20.7. The summed E-state index contributed by atoms with van der Waals surface area (Å²) in [7, 11) is 0. The van der Waals surface area contributed by atoms with Crippen molar-refractivity contribution < 1.29 is 15.0 Å². The fourth-order valence-electron chi connectivity index (χ4n) is 3.36. The van der Waals surface area contributed by atoms with Crippen molar-refractivity contribution in [1.82, 2.24) is 9.80 Å². The van der Waals surface area contributed by atoms with Gasteiger partial charge in [-0.15, -0.1) is 0 Å². The number of hydrogen-bond acceptors (Lipinski definition) is 3. The number of carboxylic acid groups (broad SMARTS) is 1. The van der Waals surface area contributed by atoms with Crippen LogP contribution in [0.4, 0.5) is 4.79 Å². The van der Waals surface area contributed by atoms with E-state index >= 15 is 0 Å². The summed E-state index contributed by atoms with van der Waals surface area (Å²) in [4.78, 5) is 14.7. The third-order valence-electron chi connectivity index (χ3n) is 4.61. The van der Waals surface area contributed by atoms with E-state index in [0.29, 0.717) is 37.6 Å². The first kappa shape index (κ1) is 14.6. The maximum Gasteiger partial charge on any atom is 0.407 e. The molecule has 2 fully saturated rings. The van der Waals surface area contributed by atoms with Gasteiger partial charge in [-0.25, -0.2) is 4.79 Å². The second-order valence-electron chi connectivity index (χ2n) is 5.93. The van der Waals surface area contributed by atoms with Crippen molar-refractivity contribution in [3.05, 3.63) is 34.9 Å². The van der Waals surface area contributed by atoms with Gasteiger partial charge in [0.15, 0.2) is 0 Å². The molecule has 114 valence electrons. The smallest absolute Gasteiger partial charge is 0.407 e. The van der Waals surface area contributed by atoms with E-state index in [9.17, 15) is 9.90 Å². The lowest BCUT2D eigenvalue weighted by molar-refractivity contribution is -0.0746. The highest BCUT2D eigenvalue weighted by atomic mass is 35.5. The molecule has 0 bridgehead atoms. The highest BCUT2D eigenvalue weighted by Gasteiger charge is 2.42. The molecule has 0 saturated carbocycles. The zero-order valence-electron chi connectivity index (χ0n) is 11.7. The number of hydrogen-bond donors (Lipinski definition) is 2. The van der Waals surface area contributed by atoms with Crippen LogP contribution in [-0.4, -0.2) is 58.3 Å². The Kier molecular flexibility index (Phi) is 3.82. The van der Waals surface area contributed by atoms with Crippen molar-refractivity contribution in [3.8, 4) is 0 Å². The number of halogens is 1. The molecular weight excluding hydrogens is 292 g/mol. The number of piperazine rings is 1. The lowest BCUT2D eigenvalue weighted by Gasteiger charge is -2.48. The van der Waals surface area contributed by atoms with Gasteiger partial charge in [0.2, 0.25) is 0 Å². The Hall–Kier alpha value is -1.30. The van der Waals surface area contributed by atoms with Crippen LogP contribution >= 0.6 is 11.6 Å². The van der Waals surface area contributed by atoms with Crippen LogP contribution < -0.4 is 0 Å². The standard InChI is InChI=1S/C15H19ClN2O3/c16-12-3-1-11(2-4-12)15(21)6-5-13-9-17(14(19)20)7-8-18(13)10-15/h1-4,13,21H,5-10H2,(H,19,20). The molecule has 3 rings (SSSR count). The Morgan fingerprint density at radius 2 is 2.00 bits per heavy atom. The Morgan fingerprint density at radius 1 is 1.29 bits per heavy atom. The van der Waals surface area contributed by atoms with Gasteiger partial charge in [0, 0.05) is 37.2 Å². The Bertz CT molecular complexity index is 536. The molecule has 2 atom stereocenters. The van der Waals surface area contributed by atoms with Crippen LogP contribution in [0.1, 0.15) is 18.4 Å². The molecule has 1 aromatic rings. The zero-order valence-corrected chi connectivity index (χ0v) is 12.5. The van der Waals surface area contributed by atoms with E-state index in [4.69, 9.17) is 16.7 Å². The Morgan fingerprint density at radius 3 is 2.67 bits per heavy atom. The quantitative estimate of drug-likeness (QED) is 0.832. The predicted molar refractivity (Wildman–Crippen MR) is 79.5 cm³/mol. The maximum absolute atomic E-state index is 11.1. The van der Waals surface area contributed by atoms with Crippen LogP contribution in [0.25, 0.3) is 0 Å². The summed E-state index contributed by atoms with van der Waals surface area (Å²) in [5.74, 6) is 0. The third kappa shape index (κ3) is 2.86. The first-order chi connectivity index (χ1) is 9.98. The largest absolute Gasteiger partial charge is 0.465 e. The summed E-state index contributed by atoms with van der Waals surface area (Å²) in [5.41, 5.74) is 0.0120. The fourth-order valence-corrected chi connectivity index (χ4v) is 3.49. The number of carbonyl (C=O) groups is 1. The van der Waals surface area contributed by atoms with Crippen LogP contribution in [0.2, 0.25) is 5.02 Å². The van der Waals surface area contributed by atoms with Crippen LogP contribution in [-0.2, 0) is 5.60 Å². The summed E-state index contributed by atoms with van der Waals surface area (Å²) in [6, 6.07) is 7.54. The average Bonchev–Trinajstić information content (AvgIpc) is 2.47. The first-order valence-corrected chi connectivity index (χ1v) is 7.56. The van der Waals surface area contributed by atoms with Crippen LogP contribution in [0.5, 0.6) is 0 Å². The second-order valence-corrected chi connectivity index (χ2v) is 6.37. The minimum Gasteiger partial charge on any atom is -0.465 e. The van der Waals surface area contributed by atoms with Crippen LogP contribution in [0.3, 0.4) is 0 Å². The van der Waals surface area contributed by atoms with Crippen molar-refractivity contribution in [2.24, 2.45) is 0 Å². The molecule has 1 aromatic carbocycles.